The summed E-state index contributed by atoms with van der Waals surface area (Å²) in [6, 6.07) is 47.2. The first-order chi connectivity index (χ1) is 36.4. The SMILES string of the molecule is CC(C)(C)OC(=O)NCCc1ccc(CC(=O)c2ccc(CN(Cc3ccccn3)Cc3ccccn3)nc2)cc1.NCCc1ccc(CC(=O)c2ccc(CN(Cc3ccccn3)Cc3ccccn3)nc2)cc1. The van der Waals surface area contributed by atoms with Crippen molar-refractivity contribution in [2.24, 2.45) is 5.73 Å². The van der Waals surface area contributed by atoms with Crippen molar-refractivity contribution < 1.29 is 19.1 Å². The van der Waals surface area contributed by atoms with Crippen LogP contribution in [0.15, 0.2) is 183 Å². The van der Waals surface area contributed by atoms with Crippen LogP contribution in [0.3, 0.4) is 0 Å². The van der Waals surface area contributed by atoms with Gasteiger partial charge in [0, 0.05) is 107 Å². The summed E-state index contributed by atoms with van der Waals surface area (Å²) in [6.45, 7) is 10.5. The molecule has 0 spiro atoms. The molecule has 1 amide bonds. The molecule has 0 saturated carbocycles. The molecule has 3 N–H and O–H groups in total. The number of nitrogens with zero attached hydrogens (tertiary/aromatic N) is 8. The van der Waals surface area contributed by atoms with Crippen molar-refractivity contribution in [1.82, 2.24) is 45.0 Å². The summed E-state index contributed by atoms with van der Waals surface area (Å²) in [4.78, 5) is 69.0. The van der Waals surface area contributed by atoms with Gasteiger partial charge in [-0.15, -0.1) is 0 Å². The van der Waals surface area contributed by atoms with Gasteiger partial charge < -0.3 is 15.8 Å². The molecule has 75 heavy (non-hydrogen) atoms. The highest BCUT2D eigenvalue weighted by atomic mass is 16.6. The quantitative estimate of drug-likeness (QED) is 0.0579. The number of carbonyl (C=O) groups is 3. The lowest BCUT2D eigenvalue weighted by Gasteiger charge is -2.21. The van der Waals surface area contributed by atoms with E-state index in [-0.39, 0.29) is 11.6 Å². The number of nitrogens with two attached hydrogens (primary N) is 1. The minimum Gasteiger partial charge on any atom is -0.444 e. The van der Waals surface area contributed by atoms with Crippen LogP contribution in [0.25, 0.3) is 0 Å². The van der Waals surface area contributed by atoms with Crippen LogP contribution in [-0.2, 0) is 69.7 Å². The number of alkyl carbamates (subject to hydrolysis) is 1. The average molecular weight is 1000 g/mol. The number of Topliss-reactive ketones (excluding diaryl/α,β-unsaturated/α-hetero) is 2. The number of aromatic nitrogens is 6. The predicted octanol–water partition coefficient (Wildman–Crippen LogP) is 9.57. The minimum atomic E-state index is -0.519. The number of nitrogens with one attached hydrogen (secondary N) is 1. The second-order valence-corrected chi connectivity index (χ2v) is 19.2. The molecule has 0 unspecified atom stereocenters. The van der Waals surface area contributed by atoms with E-state index in [1.54, 1.807) is 37.2 Å². The number of hydrogen-bond donors (Lipinski definition) is 2. The number of hydrogen-bond acceptors (Lipinski definition) is 13. The molecule has 0 radical (unpaired) electrons. The van der Waals surface area contributed by atoms with Gasteiger partial charge in [-0.1, -0.05) is 72.8 Å². The molecule has 0 aliphatic carbocycles. The third-order valence-electron chi connectivity index (χ3n) is 11.8. The Morgan fingerprint density at radius 2 is 0.800 bits per heavy atom. The molecule has 384 valence electrons. The Labute approximate surface area is 440 Å². The van der Waals surface area contributed by atoms with Gasteiger partial charge >= 0.3 is 6.09 Å². The van der Waals surface area contributed by atoms with Gasteiger partial charge in [-0.25, -0.2) is 4.79 Å². The highest BCUT2D eigenvalue weighted by Crippen LogP contribution is 2.17. The molecule has 2 aromatic carbocycles. The summed E-state index contributed by atoms with van der Waals surface area (Å²) in [6.07, 6.45) is 12.3. The average Bonchev–Trinajstić information content (AvgIpc) is 3.41. The molecule has 14 heteroatoms. The highest BCUT2D eigenvalue weighted by Gasteiger charge is 2.17. The minimum absolute atomic E-state index is 0.0159. The van der Waals surface area contributed by atoms with E-state index in [1.807, 2.05) is 166 Å². The standard InChI is InChI=1S/C33H37N5O3.C28H29N5O/c1-33(2,3)41-32(40)36-19-16-25-10-12-26(13-11-25)20-31(39)27-14-15-30(37-21-27)24-38(22-28-8-4-6-17-34-28)23-29-9-5-7-18-35-29;29-14-13-22-7-9-23(10-8-22)17-28(34)24-11-12-27(32-18-24)21-33(19-25-5-1-3-15-30-25)20-26-6-2-4-16-31-26/h4-15,17-18,21H,16,19-20,22-24H2,1-3H3,(H,36,40);1-12,15-16,18H,13-14,17,19-21,29H2. The Morgan fingerprint density at radius 1 is 0.453 bits per heavy atom. The molecule has 0 aliphatic rings. The van der Waals surface area contributed by atoms with E-state index in [2.05, 4.69) is 45.0 Å². The summed E-state index contributed by atoms with van der Waals surface area (Å²) in [7, 11) is 0. The maximum absolute atomic E-state index is 12.9. The Balaban J connectivity index is 0.000000222. The number of pyridine rings is 6. The number of rotatable bonds is 23. The monoisotopic (exact) mass is 1000 g/mol. The Hall–Kier alpha value is -8.17. The van der Waals surface area contributed by atoms with E-state index < -0.39 is 11.7 Å². The molecule has 0 bridgehead atoms. The van der Waals surface area contributed by atoms with Crippen LogP contribution in [0.5, 0.6) is 0 Å². The summed E-state index contributed by atoms with van der Waals surface area (Å²) in [5, 5.41) is 2.76. The fourth-order valence-electron chi connectivity index (χ4n) is 8.05. The molecule has 0 atom stereocenters. The van der Waals surface area contributed by atoms with Crippen molar-refractivity contribution in [2.75, 3.05) is 13.1 Å². The van der Waals surface area contributed by atoms with E-state index in [0.717, 1.165) is 57.3 Å². The van der Waals surface area contributed by atoms with Crippen LogP contribution in [0.1, 0.15) is 97.9 Å². The maximum Gasteiger partial charge on any atom is 0.407 e. The zero-order chi connectivity index (χ0) is 52.7. The summed E-state index contributed by atoms with van der Waals surface area (Å²) >= 11 is 0. The largest absolute Gasteiger partial charge is 0.444 e. The van der Waals surface area contributed by atoms with Gasteiger partial charge in [0.1, 0.15) is 5.60 Å². The lowest BCUT2D eigenvalue weighted by Crippen LogP contribution is -2.33. The van der Waals surface area contributed by atoms with Crippen LogP contribution >= 0.6 is 0 Å². The summed E-state index contributed by atoms with van der Waals surface area (Å²) < 4.78 is 5.25. The van der Waals surface area contributed by atoms with Crippen molar-refractivity contribution in [3.63, 3.8) is 0 Å². The van der Waals surface area contributed by atoms with Crippen LogP contribution in [0.4, 0.5) is 4.79 Å². The van der Waals surface area contributed by atoms with Gasteiger partial charge in [-0.05, 0) is 135 Å². The normalized spacial score (nSPS) is 11.2. The Bertz CT molecular complexity index is 2880. The third kappa shape index (κ3) is 19.3. The van der Waals surface area contributed by atoms with Crippen molar-refractivity contribution in [3.8, 4) is 0 Å². The first kappa shape index (κ1) is 54.6. The number of carbonyl (C=O) groups excluding carboxylic acids is 3. The number of ketones is 2. The van der Waals surface area contributed by atoms with E-state index in [9.17, 15) is 14.4 Å². The summed E-state index contributed by atoms with van der Waals surface area (Å²) in [5.41, 5.74) is 16.2. The summed E-state index contributed by atoms with van der Waals surface area (Å²) in [5.74, 6) is 0.0756. The first-order valence-corrected chi connectivity index (χ1v) is 25.3. The van der Waals surface area contributed by atoms with Crippen LogP contribution < -0.4 is 11.1 Å². The van der Waals surface area contributed by atoms with Crippen molar-refractivity contribution >= 4 is 17.7 Å². The highest BCUT2D eigenvalue weighted by molar-refractivity contribution is 5.97. The predicted molar refractivity (Wildman–Crippen MR) is 291 cm³/mol. The first-order valence-electron chi connectivity index (χ1n) is 25.3. The zero-order valence-corrected chi connectivity index (χ0v) is 43.1. The number of benzene rings is 2. The van der Waals surface area contributed by atoms with Crippen LogP contribution in [0, 0.1) is 0 Å². The molecule has 6 heterocycles. The van der Waals surface area contributed by atoms with Crippen molar-refractivity contribution in [2.45, 2.75) is 91.3 Å². The fraction of sp³-hybridized carbons (Fsp3) is 0.262. The van der Waals surface area contributed by atoms with Gasteiger partial charge in [-0.2, -0.15) is 0 Å². The lowest BCUT2D eigenvalue weighted by atomic mass is 10.0. The smallest absolute Gasteiger partial charge is 0.407 e. The van der Waals surface area contributed by atoms with Crippen LogP contribution in [-0.4, -0.2) is 76.1 Å². The number of amides is 1. The molecular formula is C61H66N10O4. The van der Waals surface area contributed by atoms with E-state index >= 15 is 0 Å². The van der Waals surface area contributed by atoms with Gasteiger partial charge in [0.2, 0.25) is 0 Å². The Morgan fingerprint density at radius 3 is 1.11 bits per heavy atom. The second kappa shape index (κ2) is 28.3. The molecule has 14 nitrogen and oxygen atoms in total. The van der Waals surface area contributed by atoms with Crippen LogP contribution in [0.2, 0.25) is 0 Å². The van der Waals surface area contributed by atoms with Crippen molar-refractivity contribution in [3.05, 3.63) is 250 Å². The fourth-order valence-corrected chi connectivity index (χ4v) is 8.05. The molecule has 0 saturated heterocycles. The van der Waals surface area contributed by atoms with Gasteiger partial charge in [0.05, 0.1) is 34.2 Å². The van der Waals surface area contributed by atoms with Gasteiger partial charge in [0.25, 0.3) is 0 Å². The second-order valence-electron chi connectivity index (χ2n) is 19.2. The van der Waals surface area contributed by atoms with E-state index in [0.29, 0.717) is 82.7 Å². The zero-order valence-electron chi connectivity index (χ0n) is 43.1. The van der Waals surface area contributed by atoms with E-state index in [1.165, 1.54) is 5.56 Å². The van der Waals surface area contributed by atoms with E-state index in [4.69, 9.17) is 10.5 Å². The lowest BCUT2D eigenvalue weighted by molar-refractivity contribution is 0.0528. The van der Waals surface area contributed by atoms with Crippen molar-refractivity contribution in [1.29, 1.82) is 0 Å². The molecule has 6 aromatic heterocycles. The molecule has 0 aliphatic heterocycles. The Kier molecular flexibility index (Phi) is 20.6. The number of ether oxygens (including phenoxy) is 1. The van der Waals surface area contributed by atoms with Gasteiger partial charge in [-0.3, -0.25) is 49.3 Å². The third-order valence-corrected chi connectivity index (χ3v) is 11.8. The molecule has 8 rings (SSSR count). The topological polar surface area (TPSA) is 182 Å². The maximum atomic E-state index is 12.9. The molecule has 0 fully saturated rings. The molecule has 8 aromatic rings. The van der Waals surface area contributed by atoms with Gasteiger partial charge in [0.15, 0.2) is 11.6 Å². The molecular weight excluding hydrogens is 937 g/mol.